The molecule has 0 aliphatic carbocycles. The van der Waals surface area contributed by atoms with Crippen molar-refractivity contribution in [1.82, 2.24) is 14.8 Å². The number of carbonyl (C=O) groups is 1. The van der Waals surface area contributed by atoms with Gasteiger partial charge in [0.15, 0.2) is 0 Å². The van der Waals surface area contributed by atoms with Gasteiger partial charge in [-0.05, 0) is 31.3 Å². The number of nitrogens with two attached hydrogens (primary N) is 1. The highest BCUT2D eigenvalue weighted by atomic mass is 16.1. The van der Waals surface area contributed by atoms with Gasteiger partial charge in [0.2, 0.25) is 0 Å². The first-order valence-electron chi connectivity index (χ1n) is 6.89. The van der Waals surface area contributed by atoms with E-state index in [9.17, 15) is 4.79 Å². The molecule has 2 rings (SSSR count). The fourth-order valence-electron chi connectivity index (χ4n) is 2.31. The lowest BCUT2D eigenvalue weighted by molar-refractivity contribution is 0.0942. The maximum absolute atomic E-state index is 12.2. The Morgan fingerprint density at radius 1 is 1.29 bits per heavy atom. The highest BCUT2D eigenvalue weighted by Crippen LogP contribution is 2.12. The van der Waals surface area contributed by atoms with Crippen molar-refractivity contribution in [2.75, 3.05) is 19.8 Å². The van der Waals surface area contributed by atoms with Crippen LogP contribution in [0.25, 0.3) is 0 Å². The molecular weight excluding hydrogens is 264 g/mol. The van der Waals surface area contributed by atoms with Gasteiger partial charge in [0.05, 0.1) is 5.69 Å². The Kier molecular flexibility index (Phi) is 4.65. The maximum Gasteiger partial charge on any atom is 0.268 e. The van der Waals surface area contributed by atoms with E-state index in [1.165, 1.54) is 5.56 Å². The number of nitrogens with one attached hydrogen (secondary N) is 1. The number of rotatable bonds is 5. The number of aryl methyl sites for hydroxylation is 1. The average Bonchev–Trinajstić information content (AvgIpc) is 2.76. The van der Waals surface area contributed by atoms with Crippen molar-refractivity contribution in [3.05, 3.63) is 53.3 Å². The molecule has 0 saturated carbocycles. The first-order valence-corrected chi connectivity index (χ1v) is 6.89. The summed E-state index contributed by atoms with van der Waals surface area (Å²) in [6.45, 7) is 1.36. The summed E-state index contributed by atoms with van der Waals surface area (Å²) in [5.41, 5.74) is 9.20. The maximum atomic E-state index is 12.2. The molecule has 0 radical (unpaired) electrons. The number of aromatic nitrogens is 1. The Hall–Kier alpha value is -2.27. The first kappa shape index (κ1) is 15.1. The van der Waals surface area contributed by atoms with Gasteiger partial charge in [0, 0.05) is 26.3 Å². The van der Waals surface area contributed by atoms with E-state index in [1.807, 2.05) is 39.3 Å². The van der Waals surface area contributed by atoms with Crippen LogP contribution in [-0.2, 0) is 20.1 Å². The van der Waals surface area contributed by atoms with Crippen LogP contribution in [0.1, 0.15) is 21.6 Å². The van der Waals surface area contributed by atoms with Crippen LogP contribution in [0.3, 0.4) is 0 Å². The zero-order valence-electron chi connectivity index (χ0n) is 12.8. The van der Waals surface area contributed by atoms with E-state index in [0.29, 0.717) is 17.9 Å². The minimum Gasteiger partial charge on any atom is -0.397 e. The standard InChI is InChI=1S/C16H22N4O/c1-19(2)10-13-7-5-4-6-12(13)9-18-16(21)15-8-14(17)11-20(15)3/h4-8,11H,9-10,17H2,1-3H3,(H,18,21). The first-order chi connectivity index (χ1) is 9.97. The van der Waals surface area contributed by atoms with E-state index in [0.717, 1.165) is 12.1 Å². The van der Waals surface area contributed by atoms with Gasteiger partial charge in [-0.2, -0.15) is 0 Å². The van der Waals surface area contributed by atoms with Crippen molar-refractivity contribution >= 4 is 11.6 Å². The van der Waals surface area contributed by atoms with Crippen molar-refractivity contribution in [3.63, 3.8) is 0 Å². The van der Waals surface area contributed by atoms with Crippen LogP contribution in [0.2, 0.25) is 0 Å². The van der Waals surface area contributed by atoms with E-state index in [2.05, 4.69) is 16.3 Å². The van der Waals surface area contributed by atoms with Crippen molar-refractivity contribution in [2.24, 2.45) is 7.05 Å². The van der Waals surface area contributed by atoms with Crippen molar-refractivity contribution in [1.29, 1.82) is 0 Å². The fourth-order valence-corrected chi connectivity index (χ4v) is 2.31. The summed E-state index contributed by atoms with van der Waals surface area (Å²) < 4.78 is 1.73. The quantitative estimate of drug-likeness (QED) is 0.877. The van der Waals surface area contributed by atoms with Crippen LogP contribution in [0.4, 0.5) is 5.69 Å². The van der Waals surface area contributed by atoms with Crippen molar-refractivity contribution < 1.29 is 4.79 Å². The number of nitrogens with zero attached hydrogens (tertiary/aromatic N) is 2. The summed E-state index contributed by atoms with van der Waals surface area (Å²) in [5, 5.41) is 2.95. The third kappa shape index (κ3) is 3.86. The monoisotopic (exact) mass is 286 g/mol. The minimum absolute atomic E-state index is 0.117. The summed E-state index contributed by atoms with van der Waals surface area (Å²) in [5.74, 6) is -0.117. The number of benzene rings is 1. The zero-order valence-corrected chi connectivity index (χ0v) is 12.8. The lowest BCUT2D eigenvalue weighted by atomic mass is 10.1. The topological polar surface area (TPSA) is 63.3 Å². The molecule has 0 aliphatic rings. The summed E-state index contributed by atoms with van der Waals surface area (Å²) in [6.07, 6.45) is 1.73. The molecule has 21 heavy (non-hydrogen) atoms. The summed E-state index contributed by atoms with van der Waals surface area (Å²) in [4.78, 5) is 14.3. The van der Waals surface area contributed by atoms with Gasteiger partial charge in [-0.15, -0.1) is 0 Å². The molecule has 0 bridgehead atoms. The van der Waals surface area contributed by atoms with Gasteiger partial charge in [0.25, 0.3) is 5.91 Å². The van der Waals surface area contributed by atoms with Crippen molar-refractivity contribution in [3.8, 4) is 0 Å². The second kappa shape index (κ2) is 6.45. The molecular formula is C16H22N4O. The molecule has 1 amide bonds. The van der Waals surface area contributed by atoms with Gasteiger partial charge in [-0.1, -0.05) is 24.3 Å². The number of carbonyl (C=O) groups excluding carboxylic acids is 1. The smallest absolute Gasteiger partial charge is 0.268 e. The van der Waals surface area contributed by atoms with E-state index in [1.54, 1.807) is 16.8 Å². The summed E-state index contributed by atoms with van der Waals surface area (Å²) in [7, 11) is 5.87. The van der Waals surface area contributed by atoms with Crippen LogP contribution in [0.5, 0.6) is 0 Å². The third-order valence-corrected chi connectivity index (χ3v) is 3.30. The molecule has 1 heterocycles. The molecule has 3 N–H and O–H groups in total. The van der Waals surface area contributed by atoms with Gasteiger partial charge < -0.3 is 20.5 Å². The van der Waals surface area contributed by atoms with E-state index < -0.39 is 0 Å². The zero-order chi connectivity index (χ0) is 15.4. The van der Waals surface area contributed by atoms with Crippen LogP contribution < -0.4 is 11.1 Å². The molecule has 5 nitrogen and oxygen atoms in total. The molecule has 0 fully saturated rings. The summed E-state index contributed by atoms with van der Waals surface area (Å²) in [6, 6.07) is 9.81. The Morgan fingerprint density at radius 2 is 1.95 bits per heavy atom. The predicted molar refractivity (Wildman–Crippen MR) is 84.8 cm³/mol. The summed E-state index contributed by atoms with van der Waals surface area (Å²) >= 11 is 0. The molecule has 0 spiro atoms. The largest absolute Gasteiger partial charge is 0.397 e. The Morgan fingerprint density at radius 3 is 2.52 bits per heavy atom. The normalized spacial score (nSPS) is 10.9. The van der Waals surface area contributed by atoms with Gasteiger partial charge >= 0.3 is 0 Å². The highest BCUT2D eigenvalue weighted by molar-refractivity contribution is 5.93. The Labute approximate surface area is 125 Å². The molecule has 5 heteroatoms. The van der Waals surface area contributed by atoms with Gasteiger partial charge in [-0.25, -0.2) is 0 Å². The fraction of sp³-hybridized carbons (Fsp3) is 0.312. The van der Waals surface area contributed by atoms with Crippen LogP contribution in [-0.4, -0.2) is 29.5 Å². The molecule has 1 aromatic carbocycles. The number of hydrogen-bond donors (Lipinski definition) is 2. The minimum atomic E-state index is -0.117. The molecule has 1 aromatic heterocycles. The second-order valence-electron chi connectivity index (χ2n) is 5.46. The molecule has 0 aliphatic heterocycles. The highest BCUT2D eigenvalue weighted by Gasteiger charge is 2.11. The van der Waals surface area contributed by atoms with E-state index in [-0.39, 0.29) is 5.91 Å². The van der Waals surface area contributed by atoms with Crippen LogP contribution in [0, 0.1) is 0 Å². The Balaban J connectivity index is 2.06. The lowest BCUT2D eigenvalue weighted by Crippen LogP contribution is -2.25. The van der Waals surface area contributed by atoms with Crippen LogP contribution >= 0.6 is 0 Å². The molecule has 0 unspecified atom stereocenters. The SMILES string of the molecule is CN(C)Cc1ccccc1CNC(=O)c1cc(N)cn1C. The van der Waals surface area contributed by atoms with Gasteiger partial charge in [0.1, 0.15) is 5.69 Å². The number of hydrogen-bond acceptors (Lipinski definition) is 3. The molecule has 2 aromatic rings. The lowest BCUT2D eigenvalue weighted by Gasteiger charge is -2.14. The number of nitrogen functional groups attached to an aromatic ring is 1. The molecule has 0 saturated heterocycles. The van der Waals surface area contributed by atoms with E-state index in [4.69, 9.17) is 5.73 Å². The molecule has 0 atom stereocenters. The number of amides is 1. The van der Waals surface area contributed by atoms with E-state index >= 15 is 0 Å². The predicted octanol–water partition coefficient (Wildman–Crippen LogP) is 1.60. The third-order valence-electron chi connectivity index (χ3n) is 3.30. The average molecular weight is 286 g/mol. The molecule has 112 valence electrons. The number of anilines is 1. The Bertz CT molecular complexity index is 631. The van der Waals surface area contributed by atoms with Crippen molar-refractivity contribution in [2.45, 2.75) is 13.1 Å². The van der Waals surface area contributed by atoms with Crippen LogP contribution in [0.15, 0.2) is 36.5 Å². The van der Waals surface area contributed by atoms with Gasteiger partial charge in [-0.3, -0.25) is 4.79 Å². The second-order valence-corrected chi connectivity index (χ2v) is 5.46.